The van der Waals surface area contributed by atoms with Crippen molar-refractivity contribution in [2.45, 2.75) is 40.7 Å². The van der Waals surface area contributed by atoms with Crippen molar-refractivity contribution in [1.29, 1.82) is 0 Å². The van der Waals surface area contributed by atoms with Crippen LogP contribution in [0.1, 0.15) is 44.1 Å². The van der Waals surface area contributed by atoms with Crippen LogP contribution in [-0.2, 0) is 17.8 Å². The number of H-pyrrole nitrogens is 1. The van der Waals surface area contributed by atoms with Crippen molar-refractivity contribution in [3.8, 4) is 10.6 Å². The van der Waals surface area contributed by atoms with Crippen LogP contribution in [0.15, 0.2) is 29.1 Å². The smallest absolute Gasteiger partial charge is 0.350 e. The molecule has 0 radical (unpaired) electrons. The Morgan fingerprint density at radius 3 is 2.53 bits per heavy atom. The summed E-state index contributed by atoms with van der Waals surface area (Å²) in [4.78, 5) is 38.9. The van der Waals surface area contributed by atoms with E-state index in [1.54, 1.807) is 6.92 Å². The SMILES string of the molecule is CCc1ccc(-c2nc(C)c(C(=O)OCc3nc4sc(C)c(C)c4c(=O)[nH]3)s2)cc1. The van der Waals surface area contributed by atoms with Gasteiger partial charge in [-0.1, -0.05) is 31.2 Å². The third kappa shape index (κ3) is 3.80. The Labute approximate surface area is 181 Å². The van der Waals surface area contributed by atoms with Crippen molar-refractivity contribution >= 4 is 38.9 Å². The van der Waals surface area contributed by atoms with E-state index < -0.39 is 5.97 Å². The number of aromatic nitrogens is 3. The van der Waals surface area contributed by atoms with Gasteiger partial charge in [0.2, 0.25) is 0 Å². The Morgan fingerprint density at radius 1 is 1.10 bits per heavy atom. The van der Waals surface area contributed by atoms with Crippen LogP contribution in [-0.4, -0.2) is 20.9 Å². The number of nitrogens with one attached hydrogen (secondary N) is 1. The van der Waals surface area contributed by atoms with E-state index in [1.165, 1.54) is 28.2 Å². The van der Waals surface area contributed by atoms with Gasteiger partial charge in [0, 0.05) is 10.4 Å². The molecule has 0 fully saturated rings. The van der Waals surface area contributed by atoms with Crippen LogP contribution in [0.25, 0.3) is 20.8 Å². The lowest BCUT2D eigenvalue weighted by Gasteiger charge is -2.03. The quantitative estimate of drug-likeness (QED) is 0.445. The molecule has 0 aliphatic heterocycles. The summed E-state index contributed by atoms with van der Waals surface area (Å²) in [5, 5.41) is 1.38. The first-order valence-corrected chi connectivity index (χ1v) is 11.2. The van der Waals surface area contributed by atoms with E-state index in [-0.39, 0.29) is 12.2 Å². The number of esters is 1. The zero-order chi connectivity index (χ0) is 21.4. The number of nitrogens with zero attached hydrogens (tertiary/aromatic N) is 2. The summed E-state index contributed by atoms with van der Waals surface area (Å²) >= 11 is 2.77. The largest absolute Gasteiger partial charge is 0.453 e. The molecule has 1 N–H and O–H groups in total. The molecule has 6 nitrogen and oxygen atoms in total. The molecule has 4 rings (SSSR count). The summed E-state index contributed by atoms with van der Waals surface area (Å²) < 4.78 is 5.43. The summed E-state index contributed by atoms with van der Waals surface area (Å²) in [5.74, 6) is -0.137. The number of fused-ring (bicyclic) bond motifs is 1. The van der Waals surface area contributed by atoms with E-state index >= 15 is 0 Å². The lowest BCUT2D eigenvalue weighted by Crippen LogP contribution is -2.14. The first-order chi connectivity index (χ1) is 14.4. The predicted molar refractivity (Wildman–Crippen MR) is 120 cm³/mol. The highest BCUT2D eigenvalue weighted by Gasteiger charge is 2.19. The number of ether oxygens (including phenoxy) is 1. The van der Waals surface area contributed by atoms with Crippen LogP contribution in [0.5, 0.6) is 0 Å². The Hall–Kier alpha value is -2.84. The second kappa shape index (κ2) is 8.12. The monoisotopic (exact) mass is 439 g/mol. The van der Waals surface area contributed by atoms with Crippen LogP contribution in [0.4, 0.5) is 0 Å². The molecule has 0 bridgehead atoms. The maximum Gasteiger partial charge on any atom is 0.350 e. The number of thiazole rings is 1. The fourth-order valence-corrected chi connectivity index (χ4v) is 5.17. The van der Waals surface area contributed by atoms with Gasteiger partial charge in [0.05, 0.1) is 11.1 Å². The van der Waals surface area contributed by atoms with Crippen LogP contribution in [0.2, 0.25) is 0 Å². The molecule has 8 heteroatoms. The molecule has 0 atom stereocenters. The number of hydrogen-bond donors (Lipinski definition) is 1. The second-order valence-corrected chi connectivity index (χ2v) is 9.24. The molecule has 154 valence electrons. The fourth-order valence-electron chi connectivity index (χ4n) is 3.16. The minimum atomic E-state index is -0.470. The Balaban J connectivity index is 1.52. The highest BCUT2D eigenvalue weighted by molar-refractivity contribution is 7.18. The number of rotatable bonds is 5. The molecule has 4 aromatic rings. The van der Waals surface area contributed by atoms with Gasteiger partial charge in [-0.05, 0) is 38.3 Å². The van der Waals surface area contributed by atoms with Gasteiger partial charge >= 0.3 is 5.97 Å². The van der Waals surface area contributed by atoms with Gasteiger partial charge in [0.25, 0.3) is 5.56 Å². The van der Waals surface area contributed by atoms with Crippen LogP contribution < -0.4 is 5.56 Å². The van der Waals surface area contributed by atoms with E-state index in [0.29, 0.717) is 26.6 Å². The number of thiophene rings is 1. The molecule has 0 aliphatic carbocycles. The van der Waals surface area contributed by atoms with Crippen molar-refractivity contribution in [3.05, 3.63) is 67.0 Å². The van der Waals surface area contributed by atoms with Gasteiger partial charge in [0.15, 0.2) is 0 Å². The molecule has 1 aromatic carbocycles. The average Bonchev–Trinajstić information content (AvgIpc) is 3.26. The fraction of sp³-hybridized carbons (Fsp3) is 0.273. The number of carbonyl (C=O) groups excluding carboxylic acids is 1. The molecule has 0 saturated carbocycles. The molecule has 0 aliphatic rings. The van der Waals surface area contributed by atoms with Gasteiger partial charge in [0.1, 0.15) is 27.1 Å². The summed E-state index contributed by atoms with van der Waals surface area (Å²) in [5.41, 5.74) is 3.58. The van der Waals surface area contributed by atoms with E-state index in [9.17, 15) is 9.59 Å². The first-order valence-electron chi connectivity index (χ1n) is 9.60. The Morgan fingerprint density at radius 2 is 1.83 bits per heavy atom. The van der Waals surface area contributed by atoms with Crippen molar-refractivity contribution in [2.75, 3.05) is 0 Å². The molecule has 30 heavy (non-hydrogen) atoms. The lowest BCUT2D eigenvalue weighted by atomic mass is 10.1. The normalized spacial score (nSPS) is 11.2. The van der Waals surface area contributed by atoms with Crippen molar-refractivity contribution in [2.24, 2.45) is 0 Å². The second-order valence-electron chi connectivity index (χ2n) is 7.04. The van der Waals surface area contributed by atoms with E-state index in [1.807, 2.05) is 26.0 Å². The minimum Gasteiger partial charge on any atom is -0.453 e. The summed E-state index contributed by atoms with van der Waals surface area (Å²) in [6.45, 7) is 7.67. The number of aryl methyl sites for hydroxylation is 4. The molecule has 0 amide bonds. The molecule has 3 aromatic heterocycles. The highest BCUT2D eigenvalue weighted by atomic mass is 32.1. The summed E-state index contributed by atoms with van der Waals surface area (Å²) in [6, 6.07) is 8.16. The molecule has 0 saturated heterocycles. The maximum absolute atomic E-state index is 12.6. The molecule has 0 unspecified atom stereocenters. The first kappa shape index (κ1) is 20.4. The number of aromatic amines is 1. The molecule has 0 spiro atoms. The van der Waals surface area contributed by atoms with E-state index in [2.05, 4.69) is 34.0 Å². The molecular formula is C22H21N3O3S2. The van der Waals surface area contributed by atoms with Crippen molar-refractivity contribution in [3.63, 3.8) is 0 Å². The third-order valence-corrected chi connectivity index (χ3v) is 7.31. The maximum atomic E-state index is 12.6. The van der Waals surface area contributed by atoms with Crippen molar-refractivity contribution < 1.29 is 9.53 Å². The predicted octanol–water partition coefficient (Wildman–Crippen LogP) is 4.95. The molecule has 3 heterocycles. The number of hydrogen-bond acceptors (Lipinski definition) is 7. The van der Waals surface area contributed by atoms with E-state index in [4.69, 9.17) is 4.74 Å². The van der Waals surface area contributed by atoms with Gasteiger partial charge in [-0.15, -0.1) is 22.7 Å². The zero-order valence-electron chi connectivity index (χ0n) is 17.2. The van der Waals surface area contributed by atoms with Crippen molar-refractivity contribution in [1.82, 2.24) is 15.0 Å². The van der Waals surface area contributed by atoms with Gasteiger partial charge in [-0.2, -0.15) is 0 Å². The van der Waals surface area contributed by atoms with E-state index in [0.717, 1.165) is 27.4 Å². The van der Waals surface area contributed by atoms with Crippen LogP contribution in [0.3, 0.4) is 0 Å². The lowest BCUT2D eigenvalue weighted by molar-refractivity contribution is 0.0467. The number of benzene rings is 1. The van der Waals surface area contributed by atoms with Gasteiger partial charge < -0.3 is 9.72 Å². The van der Waals surface area contributed by atoms with Crippen LogP contribution >= 0.6 is 22.7 Å². The number of carbonyl (C=O) groups is 1. The zero-order valence-corrected chi connectivity index (χ0v) is 18.8. The van der Waals surface area contributed by atoms with Gasteiger partial charge in [-0.25, -0.2) is 14.8 Å². The summed E-state index contributed by atoms with van der Waals surface area (Å²) in [7, 11) is 0. The highest BCUT2D eigenvalue weighted by Crippen LogP contribution is 2.29. The Bertz CT molecular complexity index is 1300. The molecular weight excluding hydrogens is 418 g/mol. The standard InChI is InChI=1S/C22H21N3O3S2/c1-5-14-6-8-15(9-7-14)20-23-12(3)18(30-20)22(27)28-10-16-24-19(26)17-11(2)13(4)29-21(17)25-16/h6-9H,5,10H2,1-4H3,(H,24,25,26). The topological polar surface area (TPSA) is 84.9 Å². The summed E-state index contributed by atoms with van der Waals surface area (Å²) in [6.07, 6.45) is 0.973. The van der Waals surface area contributed by atoms with Gasteiger partial charge in [-0.3, -0.25) is 4.79 Å². The average molecular weight is 440 g/mol. The third-order valence-electron chi connectivity index (χ3n) is 5.02. The van der Waals surface area contributed by atoms with Crippen LogP contribution in [0, 0.1) is 20.8 Å². The minimum absolute atomic E-state index is 0.0993. The Kier molecular flexibility index (Phi) is 5.53.